The molecule has 33 heavy (non-hydrogen) atoms. The largest absolute Gasteiger partial charge is 0.469 e. The number of hydrogen-bond acceptors (Lipinski definition) is 6. The Labute approximate surface area is 190 Å². The standard InChI is InChI=1S/C27H21NO5/c1-2-32-26(31)23-22(20-12-7-15-33-20)27(24(29)17-9-4-5-10-18(17)25(27)30)21-14-13-16-8-3-6-11-19(16)28(21)23/h3-15,21-23H,2H2,1H3. The summed E-state index contributed by atoms with van der Waals surface area (Å²) in [5, 5.41) is 0. The number of ketones is 2. The molecule has 1 fully saturated rings. The lowest BCUT2D eigenvalue weighted by Gasteiger charge is -2.36. The van der Waals surface area contributed by atoms with E-state index in [-0.39, 0.29) is 18.2 Å². The van der Waals surface area contributed by atoms with E-state index in [4.69, 9.17) is 9.15 Å². The molecule has 1 spiro atoms. The normalized spacial score (nSPS) is 24.0. The third-order valence-electron chi connectivity index (χ3n) is 7.09. The molecule has 0 bridgehead atoms. The minimum Gasteiger partial charge on any atom is -0.469 e. The number of fused-ring (bicyclic) bond motifs is 5. The van der Waals surface area contributed by atoms with E-state index in [1.807, 2.05) is 41.3 Å². The number of nitrogens with zero attached hydrogens (tertiary/aromatic N) is 1. The fraction of sp³-hybridized carbons (Fsp3) is 0.222. The van der Waals surface area contributed by atoms with Crippen molar-refractivity contribution in [3.05, 3.63) is 95.5 Å². The molecule has 3 heterocycles. The van der Waals surface area contributed by atoms with Crippen LogP contribution >= 0.6 is 0 Å². The highest BCUT2D eigenvalue weighted by atomic mass is 16.5. The van der Waals surface area contributed by atoms with E-state index >= 15 is 0 Å². The lowest BCUT2D eigenvalue weighted by Crippen LogP contribution is -2.48. The van der Waals surface area contributed by atoms with Crippen molar-refractivity contribution in [3.8, 4) is 0 Å². The van der Waals surface area contributed by atoms with Gasteiger partial charge in [-0.15, -0.1) is 0 Å². The third kappa shape index (κ3) is 2.40. The van der Waals surface area contributed by atoms with Gasteiger partial charge in [-0.05, 0) is 30.7 Å². The summed E-state index contributed by atoms with van der Waals surface area (Å²) >= 11 is 0. The Bertz CT molecular complexity index is 1290. The molecule has 0 N–H and O–H groups in total. The lowest BCUT2D eigenvalue weighted by atomic mass is 9.66. The summed E-state index contributed by atoms with van der Waals surface area (Å²) in [6, 6.07) is 16.4. The molecule has 0 saturated carbocycles. The highest BCUT2D eigenvalue weighted by Gasteiger charge is 2.72. The minimum absolute atomic E-state index is 0.186. The molecule has 6 nitrogen and oxygen atoms in total. The first-order valence-electron chi connectivity index (χ1n) is 11.0. The van der Waals surface area contributed by atoms with Crippen molar-refractivity contribution in [1.82, 2.24) is 0 Å². The van der Waals surface area contributed by atoms with Crippen molar-refractivity contribution in [2.24, 2.45) is 5.41 Å². The van der Waals surface area contributed by atoms with Crippen LogP contribution in [-0.2, 0) is 9.53 Å². The van der Waals surface area contributed by atoms with Crippen LogP contribution in [0.5, 0.6) is 0 Å². The summed E-state index contributed by atoms with van der Waals surface area (Å²) in [7, 11) is 0. The molecule has 6 heteroatoms. The Morgan fingerprint density at radius 3 is 2.36 bits per heavy atom. The van der Waals surface area contributed by atoms with Gasteiger partial charge in [-0.2, -0.15) is 0 Å². The first kappa shape index (κ1) is 19.7. The molecule has 6 rings (SSSR count). The van der Waals surface area contributed by atoms with Gasteiger partial charge >= 0.3 is 5.97 Å². The number of para-hydroxylation sites is 1. The van der Waals surface area contributed by atoms with Crippen molar-refractivity contribution < 1.29 is 23.5 Å². The van der Waals surface area contributed by atoms with E-state index in [0.717, 1.165) is 11.3 Å². The van der Waals surface area contributed by atoms with E-state index in [1.54, 1.807) is 43.3 Å². The molecule has 0 amide bonds. The number of esters is 1. The number of carbonyl (C=O) groups is 3. The van der Waals surface area contributed by atoms with E-state index in [0.29, 0.717) is 16.9 Å². The van der Waals surface area contributed by atoms with Crippen molar-refractivity contribution in [1.29, 1.82) is 0 Å². The second-order valence-electron chi connectivity index (χ2n) is 8.53. The van der Waals surface area contributed by atoms with Crippen LogP contribution < -0.4 is 4.90 Å². The van der Waals surface area contributed by atoms with E-state index < -0.39 is 29.4 Å². The van der Waals surface area contributed by atoms with Gasteiger partial charge in [0.15, 0.2) is 11.6 Å². The first-order valence-corrected chi connectivity index (χ1v) is 11.0. The molecule has 1 aromatic heterocycles. The van der Waals surface area contributed by atoms with Crippen LogP contribution in [0.25, 0.3) is 6.08 Å². The van der Waals surface area contributed by atoms with Gasteiger partial charge < -0.3 is 14.1 Å². The number of rotatable bonds is 3. The highest BCUT2D eigenvalue weighted by Crippen LogP contribution is 2.60. The monoisotopic (exact) mass is 439 g/mol. The molecule has 0 radical (unpaired) electrons. The molecule has 164 valence electrons. The van der Waals surface area contributed by atoms with Crippen LogP contribution in [0.3, 0.4) is 0 Å². The second-order valence-corrected chi connectivity index (χ2v) is 8.53. The molecular weight excluding hydrogens is 418 g/mol. The zero-order valence-corrected chi connectivity index (χ0v) is 17.9. The van der Waals surface area contributed by atoms with E-state index in [9.17, 15) is 14.4 Å². The molecular formula is C27H21NO5. The number of furan rings is 1. The Balaban J connectivity index is 1.67. The Hall–Kier alpha value is -3.93. The summed E-state index contributed by atoms with van der Waals surface area (Å²) < 4.78 is 11.3. The summed E-state index contributed by atoms with van der Waals surface area (Å²) in [6.45, 7) is 1.93. The maximum absolute atomic E-state index is 14.2. The summed E-state index contributed by atoms with van der Waals surface area (Å²) in [5.41, 5.74) is 0.927. The average Bonchev–Trinajstić information content (AvgIpc) is 3.52. The average molecular weight is 439 g/mol. The predicted molar refractivity (Wildman–Crippen MR) is 121 cm³/mol. The molecule has 3 aliphatic rings. The van der Waals surface area contributed by atoms with Gasteiger partial charge in [0.2, 0.25) is 0 Å². The zero-order chi connectivity index (χ0) is 22.7. The third-order valence-corrected chi connectivity index (χ3v) is 7.09. The number of anilines is 1. The van der Waals surface area contributed by atoms with Gasteiger partial charge in [-0.1, -0.05) is 54.6 Å². The van der Waals surface area contributed by atoms with Crippen molar-refractivity contribution in [3.63, 3.8) is 0 Å². The van der Waals surface area contributed by atoms with Crippen molar-refractivity contribution in [2.45, 2.75) is 24.9 Å². The van der Waals surface area contributed by atoms with Crippen LogP contribution in [0.1, 0.15) is 44.9 Å². The maximum atomic E-state index is 14.2. The second kappa shape index (κ2) is 7.04. The summed E-state index contributed by atoms with van der Waals surface area (Å²) in [4.78, 5) is 43.7. The van der Waals surface area contributed by atoms with Gasteiger partial charge in [0.1, 0.15) is 17.2 Å². The van der Waals surface area contributed by atoms with Gasteiger partial charge in [0, 0.05) is 16.8 Å². The molecule has 3 unspecified atom stereocenters. The fourth-order valence-corrected chi connectivity index (χ4v) is 5.89. The number of carbonyl (C=O) groups excluding carboxylic acids is 3. The molecule has 3 aromatic rings. The van der Waals surface area contributed by atoms with Crippen LogP contribution in [0.4, 0.5) is 5.69 Å². The summed E-state index contributed by atoms with van der Waals surface area (Å²) in [5.74, 6) is -1.48. The number of benzene rings is 2. The Kier molecular flexibility index (Phi) is 4.21. The quantitative estimate of drug-likeness (QED) is 0.448. The predicted octanol–water partition coefficient (Wildman–Crippen LogP) is 4.28. The molecule has 1 aliphatic carbocycles. The highest BCUT2D eigenvalue weighted by molar-refractivity contribution is 6.32. The van der Waals surface area contributed by atoms with E-state index in [2.05, 4.69) is 0 Å². The molecule has 1 saturated heterocycles. The first-order chi connectivity index (χ1) is 16.1. The SMILES string of the molecule is CCOC(=O)C1C(c2ccco2)C2(C(=O)c3ccccc3C2=O)C2C=Cc3ccccc3N12. The van der Waals surface area contributed by atoms with Crippen LogP contribution in [0.15, 0.2) is 77.4 Å². The summed E-state index contributed by atoms with van der Waals surface area (Å²) in [6.07, 6.45) is 5.30. The van der Waals surface area contributed by atoms with Crippen molar-refractivity contribution >= 4 is 29.3 Å². The Morgan fingerprint density at radius 2 is 1.70 bits per heavy atom. The fourth-order valence-electron chi connectivity index (χ4n) is 5.89. The number of Topliss-reactive ketones (excluding diaryl/α,β-unsaturated/α-hetero) is 2. The smallest absolute Gasteiger partial charge is 0.329 e. The minimum atomic E-state index is -1.54. The van der Waals surface area contributed by atoms with Gasteiger partial charge in [-0.25, -0.2) is 4.79 Å². The lowest BCUT2D eigenvalue weighted by molar-refractivity contribution is -0.145. The number of hydrogen-bond donors (Lipinski definition) is 0. The van der Waals surface area contributed by atoms with Gasteiger partial charge in [0.25, 0.3) is 0 Å². The van der Waals surface area contributed by atoms with Crippen molar-refractivity contribution in [2.75, 3.05) is 11.5 Å². The van der Waals surface area contributed by atoms with Gasteiger partial charge in [0.05, 0.1) is 24.8 Å². The van der Waals surface area contributed by atoms with Crippen LogP contribution in [-0.4, -0.2) is 36.2 Å². The van der Waals surface area contributed by atoms with Crippen LogP contribution in [0.2, 0.25) is 0 Å². The topological polar surface area (TPSA) is 76.8 Å². The maximum Gasteiger partial charge on any atom is 0.329 e. The molecule has 3 atom stereocenters. The molecule has 2 aromatic carbocycles. The van der Waals surface area contributed by atoms with E-state index in [1.165, 1.54) is 6.26 Å². The van der Waals surface area contributed by atoms with Crippen LogP contribution in [0, 0.1) is 5.41 Å². The van der Waals surface area contributed by atoms with Gasteiger partial charge in [-0.3, -0.25) is 9.59 Å². The number of ether oxygens (including phenoxy) is 1. The Morgan fingerprint density at radius 1 is 1.00 bits per heavy atom. The zero-order valence-electron chi connectivity index (χ0n) is 17.9. The molecule has 2 aliphatic heterocycles.